The molecule has 0 spiro atoms. The highest BCUT2D eigenvalue weighted by Crippen LogP contribution is 2.28. The van der Waals surface area contributed by atoms with Crippen molar-refractivity contribution in [1.29, 1.82) is 0 Å². The smallest absolute Gasteiger partial charge is 0.242 e. The molecule has 1 unspecified atom stereocenters. The third kappa shape index (κ3) is 5.87. The summed E-state index contributed by atoms with van der Waals surface area (Å²) in [4.78, 5) is 18.8. The second-order valence-electron chi connectivity index (χ2n) is 5.79. The normalized spacial score (nSPS) is 15.9. The van der Waals surface area contributed by atoms with Gasteiger partial charge in [0, 0.05) is 37.1 Å². The minimum Gasteiger partial charge on any atom is -0.495 e. The first-order valence-electron chi connectivity index (χ1n) is 8.16. The van der Waals surface area contributed by atoms with Crippen LogP contribution in [0.3, 0.4) is 0 Å². The summed E-state index contributed by atoms with van der Waals surface area (Å²) >= 11 is 6.03. The lowest BCUT2D eigenvalue weighted by atomic mass is 10.1. The average Bonchev–Trinajstić information content (AvgIpc) is 2.67. The Balaban J connectivity index is 0.00000182. The van der Waals surface area contributed by atoms with E-state index in [1.165, 1.54) is 0 Å². The predicted molar refractivity (Wildman–Crippen MR) is 113 cm³/mol. The third-order valence-corrected chi connectivity index (χ3v) is 4.46. The fraction of sp³-hybridized carbons (Fsp3) is 0.333. The summed E-state index contributed by atoms with van der Waals surface area (Å²) in [5.41, 5.74) is 1.74. The van der Waals surface area contributed by atoms with Gasteiger partial charge < -0.3 is 20.3 Å². The van der Waals surface area contributed by atoms with Crippen molar-refractivity contribution in [2.75, 3.05) is 38.6 Å². The molecule has 148 valence electrons. The average molecular weight is 434 g/mol. The van der Waals surface area contributed by atoms with Crippen LogP contribution in [0.2, 0.25) is 5.02 Å². The summed E-state index contributed by atoms with van der Waals surface area (Å²) in [5, 5.41) is 7.06. The van der Waals surface area contributed by atoms with E-state index in [0.717, 1.165) is 18.7 Å². The molecule has 3 rings (SSSR count). The van der Waals surface area contributed by atoms with Crippen LogP contribution in [0.5, 0.6) is 5.75 Å². The maximum atomic E-state index is 12.8. The molecule has 1 saturated heterocycles. The first-order chi connectivity index (χ1) is 12.2. The number of benzene rings is 1. The molecule has 1 aromatic carbocycles. The summed E-state index contributed by atoms with van der Waals surface area (Å²) in [6.45, 7) is 2.33. The van der Waals surface area contributed by atoms with Crippen LogP contribution < -0.4 is 15.4 Å². The van der Waals surface area contributed by atoms with Crippen LogP contribution in [0, 0.1) is 0 Å². The van der Waals surface area contributed by atoms with Crippen LogP contribution in [0.1, 0.15) is 11.6 Å². The molecule has 2 heterocycles. The van der Waals surface area contributed by atoms with Crippen LogP contribution >= 0.6 is 36.4 Å². The van der Waals surface area contributed by atoms with E-state index in [4.69, 9.17) is 16.3 Å². The number of halogens is 3. The third-order valence-electron chi connectivity index (χ3n) is 4.22. The Hall–Kier alpha value is -1.73. The molecule has 0 aliphatic carbocycles. The Kier molecular flexibility index (Phi) is 9.66. The van der Waals surface area contributed by atoms with Gasteiger partial charge in [0.15, 0.2) is 0 Å². The highest BCUT2D eigenvalue weighted by Gasteiger charge is 2.27. The number of methoxy groups -OCH3 is 1. The minimum atomic E-state index is -0.0157. The second kappa shape index (κ2) is 11.2. The number of pyridine rings is 1. The number of rotatable bonds is 5. The van der Waals surface area contributed by atoms with Crippen molar-refractivity contribution in [2.45, 2.75) is 6.04 Å². The van der Waals surface area contributed by atoms with Crippen LogP contribution in [0.15, 0.2) is 42.7 Å². The highest BCUT2D eigenvalue weighted by molar-refractivity contribution is 6.30. The minimum absolute atomic E-state index is 0. The molecule has 6 nitrogen and oxygen atoms in total. The van der Waals surface area contributed by atoms with Crippen molar-refractivity contribution in [3.05, 3.63) is 53.3 Å². The summed E-state index contributed by atoms with van der Waals surface area (Å²) in [7, 11) is 1.59. The van der Waals surface area contributed by atoms with Gasteiger partial charge >= 0.3 is 0 Å². The van der Waals surface area contributed by atoms with Crippen molar-refractivity contribution in [3.8, 4) is 5.75 Å². The number of carbonyl (C=O) groups excluding carboxylic acids is 1. The van der Waals surface area contributed by atoms with Gasteiger partial charge in [-0.15, -0.1) is 24.8 Å². The molecule has 0 bridgehead atoms. The van der Waals surface area contributed by atoms with E-state index in [1.807, 2.05) is 23.2 Å². The van der Waals surface area contributed by atoms with Crippen LogP contribution in [0.25, 0.3) is 0 Å². The number of ether oxygens (including phenoxy) is 1. The van der Waals surface area contributed by atoms with Crippen LogP contribution in [0.4, 0.5) is 5.69 Å². The zero-order valence-electron chi connectivity index (χ0n) is 14.9. The van der Waals surface area contributed by atoms with Gasteiger partial charge in [-0.3, -0.25) is 9.78 Å². The van der Waals surface area contributed by atoms with Gasteiger partial charge in [-0.25, -0.2) is 0 Å². The van der Waals surface area contributed by atoms with Crippen molar-refractivity contribution in [2.24, 2.45) is 0 Å². The van der Waals surface area contributed by atoms with Gasteiger partial charge in [-0.2, -0.15) is 0 Å². The second-order valence-corrected chi connectivity index (χ2v) is 6.23. The molecule has 1 aromatic heterocycles. The van der Waals surface area contributed by atoms with Gasteiger partial charge in [0.25, 0.3) is 0 Å². The van der Waals surface area contributed by atoms with Gasteiger partial charge in [0.1, 0.15) is 5.75 Å². The zero-order valence-corrected chi connectivity index (χ0v) is 17.2. The van der Waals surface area contributed by atoms with E-state index in [2.05, 4.69) is 15.6 Å². The zero-order chi connectivity index (χ0) is 17.6. The quantitative estimate of drug-likeness (QED) is 0.758. The summed E-state index contributed by atoms with van der Waals surface area (Å²) in [6.07, 6.45) is 3.55. The lowest BCUT2D eigenvalue weighted by Gasteiger charge is -2.36. The first kappa shape index (κ1) is 23.3. The molecule has 1 aliphatic rings. The maximum Gasteiger partial charge on any atom is 0.242 e. The maximum absolute atomic E-state index is 12.8. The lowest BCUT2D eigenvalue weighted by Crippen LogP contribution is -2.50. The van der Waals surface area contributed by atoms with Gasteiger partial charge in [-0.1, -0.05) is 17.7 Å². The SMILES string of the molecule is COc1ccc(Cl)cc1NCC(=O)N1CCNCC1c1cccnc1.Cl.Cl. The number of anilines is 1. The van der Waals surface area contributed by atoms with E-state index < -0.39 is 0 Å². The molecule has 1 fully saturated rings. The standard InChI is InChI=1S/C18H21ClN4O2.2ClH/c1-25-17-5-4-14(19)9-15(17)22-12-18(24)23-8-7-21-11-16(23)13-3-2-6-20-10-13;;/h2-6,9-10,16,21-22H,7-8,11-12H2,1H3;2*1H. The Bertz CT molecular complexity index is 734. The fourth-order valence-corrected chi connectivity index (χ4v) is 3.14. The van der Waals surface area contributed by atoms with E-state index in [9.17, 15) is 4.79 Å². The first-order valence-corrected chi connectivity index (χ1v) is 8.54. The van der Waals surface area contributed by atoms with E-state index in [0.29, 0.717) is 23.0 Å². The molecule has 1 amide bonds. The Morgan fingerprint density at radius 1 is 1.41 bits per heavy atom. The predicted octanol–water partition coefficient (Wildman–Crippen LogP) is 3.17. The van der Waals surface area contributed by atoms with Crippen LogP contribution in [-0.4, -0.2) is 49.1 Å². The van der Waals surface area contributed by atoms with Crippen molar-refractivity contribution in [3.63, 3.8) is 0 Å². The fourth-order valence-electron chi connectivity index (χ4n) is 2.96. The summed E-state index contributed by atoms with van der Waals surface area (Å²) in [5.74, 6) is 0.679. The largest absolute Gasteiger partial charge is 0.495 e. The molecular weight excluding hydrogens is 411 g/mol. The number of hydrogen-bond donors (Lipinski definition) is 2. The molecule has 9 heteroatoms. The molecule has 27 heavy (non-hydrogen) atoms. The number of nitrogens with zero attached hydrogens (tertiary/aromatic N) is 2. The van der Waals surface area contributed by atoms with Crippen molar-refractivity contribution >= 4 is 48.0 Å². The molecule has 2 aromatic rings. The number of amides is 1. The number of aromatic nitrogens is 1. The van der Waals surface area contributed by atoms with E-state index >= 15 is 0 Å². The molecular formula is C18H23Cl3N4O2. The monoisotopic (exact) mass is 432 g/mol. The highest BCUT2D eigenvalue weighted by atomic mass is 35.5. The number of nitrogens with one attached hydrogen (secondary N) is 2. The lowest BCUT2D eigenvalue weighted by molar-refractivity contribution is -0.132. The molecule has 1 aliphatic heterocycles. The van der Waals surface area contributed by atoms with Gasteiger partial charge in [0.05, 0.1) is 25.4 Å². The molecule has 2 N–H and O–H groups in total. The van der Waals surface area contributed by atoms with Gasteiger partial charge in [0.2, 0.25) is 5.91 Å². The number of carbonyl (C=O) groups is 1. The number of hydrogen-bond acceptors (Lipinski definition) is 5. The Labute approximate surface area is 176 Å². The van der Waals surface area contributed by atoms with E-state index in [-0.39, 0.29) is 43.3 Å². The van der Waals surface area contributed by atoms with Crippen LogP contribution in [-0.2, 0) is 4.79 Å². The van der Waals surface area contributed by atoms with Gasteiger partial charge in [-0.05, 0) is 29.8 Å². The summed E-state index contributed by atoms with van der Waals surface area (Å²) < 4.78 is 5.30. The summed E-state index contributed by atoms with van der Waals surface area (Å²) in [6, 6.07) is 9.16. The molecule has 1 atom stereocenters. The van der Waals surface area contributed by atoms with E-state index in [1.54, 1.807) is 31.5 Å². The molecule has 0 radical (unpaired) electrons. The Morgan fingerprint density at radius 3 is 2.93 bits per heavy atom. The van der Waals surface area contributed by atoms with Crippen molar-refractivity contribution < 1.29 is 9.53 Å². The molecule has 0 saturated carbocycles. The van der Waals surface area contributed by atoms with Crippen molar-refractivity contribution in [1.82, 2.24) is 15.2 Å². The number of piperazine rings is 1. The topological polar surface area (TPSA) is 66.5 Å². The Morgan fingerprint density at radius 2 is 2.22 bits per heavy atom.